The molecule has 2 heterocycles. The smallest absolute Gasteiger partial charge is 0.134 e. The van der Waals surface area contributed by atoms with Crippen molar-refractivity contribution in [3.8, 4) is 9.88 Å². The van der Waals surface area contributed by atoms with Crippen molar-refractivity contribution >= 4 is 22.9 Å². The number of hydrogen-bond donors (Lipinski definition) is 0. The van der Waals surface area contributed by atoms with Crippen molar-refractivity contribution in [1.29, 1.82) is 0 Å². The molecule has 0 aliphatic rings. The fourth-order valence-electron chi connectivity index (χ4n) is 0.810. The van der Waals surface area contributed by atoms with Crippen molar-refractivity contribution < 1.29 is 0 Å². The van der Waals surface area contributed by atoms with Gasteiger partial charge in [-0.3, -0.25) is 0 Å². The molecule has 0 spiro atoms. The van der Waals surface area contributed by atoms with Gasteiger partial charge in [0.1, 0.15) is 5.01 Å². The fraction of sp³-hybridized carbons (Fsp3) is 0.143. The van der Waals surface area contributed by atoms with Crippen LogP contribution in [-0.2, 0) is 0 Å². The molecule has 0 amide bonds. The molecule has 0 saturated carbocycles. The molecule has 0 fully saturated rings. The molecule has 4 heteroatoms. The molecule has 0 atom stereocenters. The second-order valence-corrected chi connectivity index (χ2v) is 3.87. The van der Waals surface area contributed by atoms with Gasteiger partial charge in [-0.25, -0.2) is 4.98 Å². The van der Waals surface area contributed by atoms with Crippen LogP contribution < -0.4 is 0 Å². The van der Waals surface area contributed by atoms with E-state index in [0.29, 0.717) is 0 Å². The van der Waals surface area contributed by atoms with Gasteiger partial charge in [0, 0.05) is 11.6 Å². The maximum atomic E-state index is 4.19. The first-order valence-corrected chi connectivity index (χ1v) is 4.85. The number of hydrogen-bond acceptors (Lipinski definition) is 4. The Kier molecular flexibility index (Phi) is 1.71. The summed E-state index contributed by atoms with van der Waals surface area (Å²) in [6, 6.07) is 2.06. The molecule has 11 heavy (non-hydrogen) atoms. The summed E-state index contributed by atoms with van der Waals surface area (Å²) in [6.07, 6.45) is 1.81. The summed E-state index contributed by atoms with van der Waals surface area (Å²) in [5.74, 6) is 0. The summed E-state index contributed by atoms with van der Waals surface area (Å²) in [4.78, 5) is 5.35. The largest absolute Gasteiger partial charge is 0.244 e. The van der Waals surface area contributed by atoms with E-state index in [-0.39, 0.29) is 0 Å². The lowest BCUT2D eigenvalue weighted by Crippen LogP contribution is -1.65. The normalized spacial score (nSPS) is 10.3. The molecule has 0 N–H and O–H groups in total. The molecule has 2 nitrogen and oxygen atoms in total. The van der Waals surface area contributed by atoms with Crippen molar-refractivity contribution in [2.24, 2.45) is 0 Å². The van der Waals surface area contributed by atoms with Gasteiger partial charge in [-0.2, -0.15) is 4.37 Å². The molecule has 56 valence electrons. The average molecular weight is 182 g/mol. The first-order valence-electron chi connectivity index (χ1n) is 3.19. The first-order chi connectivity index (χ1) is 5.36. The van der Waals surface area contributed by atoms with Crippen molar-refractivity contribution in [1.82, 2.24) is 9.36 Å². The number of nitrogens with zero attached hydrogens (tertiary/aromatic N) is 2. The standard InChI is InChI=1S/C7H6N2S2/c1-5-4-6(11-9-5)7-8-2-3-10-7/h2-4H,1H3. The van der Waals surface area contributed by atoms with Crippen LogP contribution >= 0.6 is 22.9 Å². The van der Waals surface area contributed by atoms with Crippen molar-refractivity contribution in [2.45, 2.75) is 6.92 Å². The van der Waals surface area contributed by atoms with Crippen molar-refractivity contribution in [3.63, 3.8) is 0 Å². The van der Waals surface area contributed by atoms with E-state index in [0.717, 1.165) is 15.6 Å². The van der Waals surface area contributed by atoms with Gasteiger partial charge in [0.05, 0.1) is 10.6 Å². The van der Waals surface area contributed by atoms with Gasteiger partial charge >= 0.3 is 0 Å². The summed E-state index contributed by atoms with van der Waals surface area (Å²) in [7, 11) is 0. The Morgan fingerprint density at radius 2 is 2.36 bits per heavy atom. The third-order valence-corrected chi connectivity index (χ3v) is 3.09. The van der Waals surface area contributed by atoms with Crippen LogP contribution in [0.5, 0.6) is 0 Å². The molecule has 0 radical (unpaired) electrons. The average Bonchev–Trinajstić information content (AvgIpc) is 2.55. The summed E-state index contributed by atoms with van der Waals surface area (Å²) in [6.45, 7) is 1.99. The summed E-state index contributed by atoms with van der Waals surface area (Å²) < 4.78 is 4.18. The Morgan fingerprint density at radius 1 is 1.45 bits per heavy atom. The van der Waals surface area contributed by atoms with Crippen LogP contribution in [0.1, 0.15) is 5.69 Å². The molecule has 0 aliphatic carbocycles. The topological polar surface area (TPSA) is 25.8 Å². The zero-order valence-corrected chi connectivity index (χ0v) is 7.58. The second-order valence-electron chi connectivity index (χ2n) is 2.17. The zero-order valence-electron chi connectivity index (χ0n) is 5.94. The molecular formula is C7H6N2S2. The van der Waals surface area contributed by atoms with Crippen LogP contribution in [0.3, 0.4) is 0 Å². The summed E-state index contributed by atoms with van der Waals surface area (Å²) in [5, 5.41) is 3.04. The van der Waals surface area contributed by atoms with Crippen molar-refractivity contribution in [2.75, 3.05) is 0 Å². The first kappa shape index (κ1) is 6.94. The minimum absolute atomic E-state index is 1.07. The molecule has 2 aromatic rings. The van der Waals surface area contributed by atoms with E-state index in [1.807, 2.05) is 18.5 Å². The molecule has 0 unspecified atom stereocenters. The third-order valence-electron chi connectivity index (χ3n) is 1.27. The predicted molar refractivity (Wildman–Crippen MR) is 48.0 cm³/mol. The summed E-state index contributed by atoms with van der Waals surface area (Å²) in [5.41, 5.74) is 1.07. The quantitative estimate of drug-likeness (QED) is 0.677. The van der Waals surface area contributed by atoms with Gasteiger partial charge in [0.15, 0.2) is 0 Å². The van der Waals surface area contributed by atoms with E-state index in [1.165, 1.54) is 11.5 Å². The van der Waals surface area contributed by atoms with E-state index in [2.05, 4.69) is 15.4 Å². The van der Waals surface area contributed by atoms with E-state index in [9.17, 15) is 0 Å². The Bertz CT molecular complexity index is 337. The van der Waals surface area contributed by atoms with Crippen LogP contribution in [0.4, 0.5) is 0 Å². The van der Waals surface area contributed by atoms with Crippen LogP contribution in [0.25, 0.3) is 9.88 Å². The molecule has 0 bridgehead atoms. The lowest BCUT2D eigenvalue weighted by Gasteiger charge is -1.82. The lowest BCUT2D eigenvalue weighted by molar-refractivity contribution is 1.34. The Hall–Kier alpha value is -0.740. The molecule has 0 aromatic carbocycles. The maximum absolute atomic E-state index is 4.19. The van der Waals surface area contributed by atoms with Gasteiger partial charge in [-0.1, -0.05) is 0 Å². The molecule has 2 rings (SSSR count). The van der Waals surface area contributed by atoms with E-state index >= 15 is 0 Å². The number of aryl methyl sites for hydroxylation is 1. The Labute approximate surface area is 72.7 Å². The van der Waals surface area contributed by atoms with Crippen LogP contribution in [-0.4, -0.2) is 9.36 Å². The van der Waals surface area contributed by atoms with Crippen molar-refractivity contribution in [3.05, 3.63) is 23.3 Å². The zero-order chi connectivity index (χ0) is 7.68. The molecule has 0 aliphatic heterocycles. The summed E-state index contributed by atoms with van der Waals surface area (Å²) >= 11 is 3.15. The van der Waals surface area contributed by atoms with Gasteiger partial charge in [-0.15, -0.1) is 11.3 Å². The molecular weight excluding hydrogens is 176 g/mol. The Morgan fingerprint density at radius 3 is 2.91 bits per heavy atom. The molecule has 0 saturated heterocycles. The highest BCUT2D eigenvalue weighted by Gasteiger charge is 2.02. The minimum Gasteiger partial charge on any atom is -0.244 e. The van der Waals surface area contributed by atoms with Gasteiger partial charge < -0.3 is 0 Å². The van der Waals surface area contributed by atoms with E-state index < -0.39 is 0 Å². The SMILES string of the molecule is Cc1cc(-c2nccs2)sn1. The number of rotatable bonds is 1. The van der Waals surface area contributed by atoms with Gasteiger partial charge in [-0.05, 0) is 24.5 Å². The predicted octanol–water partition coefficient (Wildman–Crippen LogP) is 2.58. The van der Waals surface area contributed by atoms with Gasteiger partial charge in [0.25, 0.3) is 0 Å². The monoisotopic (exact) mass is 182 g/mol. The number of thiazole rings is 1. The second kappa shape index (κ2) is 2.71. The minimum atomic E-state index is 1.07. The van der Waals surface area contributed by atoms with Gasteiger partial charge in [0.2, 0.25) is 0 Å². The lowest BCUT2D eigenvalue weighted by atomic mass is 10.4. The van der Waals surface area contributed by atoms with E-state index in [4.69, 9.17) is 0 Å². The molecule has 2 aromatic heterocycles. The third kappa shape index (κ3) is 1.32. The highest BCUT2D eigenvalue weighted by Crippen LogP contribution is 2.25. The highest BCUT2D eigenvalue weighted by atomic mass is 32.1. The Balaban J connectivity index is 2.45. The van der Waals surface area contributed by atoms with Crippen LogP contribution in [0.15, 0.2) is 17.6 Å². The highest BCUT2D eigenvalue weighted by molar-refractivity contribution is 7.18. The van der Waals surface area contributed by atoms with Crippen LogP contribution in [0.2, 0.25) is 0 Å². The number of aromatic nitrogens is 2. The van der Waals surface area contributed by atoms with E-state index in [1.54, 1.807) is 11.3 Å². The fourth-order valence-corrected chi connectivity index (χ4v) is 2.26. The maximum Gasteiger partial charge on any atom is 0.134 e. The van der Waals surface area contributed by atoms with Crippen LogP contribution in [0, 0.1) is 6.92 Å².